The highest BCUT2D eigenvalue weighted by atomic mass is 16.5. The highest BCUT2D eigenvalue weighted by molar-refractivity contribution is 5.82. The number of carbonyl (C=O) groups excluding carboxylic acids is 2. The Morgan fingerprint density at radius 1 is 1.04 bits per heavy atom. The third-order valence-electron chi connectivity index (χ3n) is 7.57. The van der Waals surface area contributed by atoms with E-state index in [1.54, 1.807) is 7.11 Å². The summed E-state index contributed by atoms with van der Waals surface area (Å²) < 4.78 is 5.84. The zero-order chi connectivity index (χ0) is 18.2. The molecule has 0 aromatic carbocycles. The highest BCUT2D eigenvalue weighted by Gasteiger charge is 2.66. The van der Waals surface area contributed by atoms with Gasteiger partial charge in [0, 0.05) is 32.5 Å². The molecular weight excluding hydrogens is 328 g/mol. The van der Waals surface area contributed by atoms with Crippen LogP contribution in [0.25, 0.3) is 0 Å². The first-order valence-electron chi connectivity index (χ1n) is 10.7. The number of ether oxygens (including phenoxy) is 1. The summed E-state index contributed by atoms with van der Waals surface area (Å²) in [6.07, 6.45) is 13.2. The molecule has 0 aromatic heterocycles. The Hall–Kier alpha value is -1.10. The van der Waals surface area contributed by atoms with E-state index in [1.165, 1.54) is 25.7 Å². The molecule has 0 radical (unpaired) electrons. The lowest BCUT2D eigenvalue weighted by Crippen LogP contribution is -2.78. The van der Waals surface area contributed by atoms with E-state index in [0.717, 1.165) is 50.9 Å². The Labute approximate surface area is 157 Å². The van der Waals surface area contributed by atoms with Crippen LogP contribution in [-0.2, 0) is 14.3 Å². The normalized spacial score (nSPS) is 27.3. The molecule has 0 atom stereocenters. The fraction of sp³-hybridized carbons (Fsp3) is 0.905. The number of likely N-dealkylation sites (tertiary alicyclic amines) is 1. The summed E-state index contributed by atoms with van der Waals surface area (Å²) in [7, 11) is 1.75. The lowest BCUT2D eigenvalue weighted by molar-refractivity contribution is -0.155. The van der Waals surface area contributed by atoms with E-state index in [2.05, 4.69) is 5.32 Å². The summed E-state index contributed by atoms with van der Waals surface area (Å²) >= 11 is 0. The SMILES string of the molecule is COC1(C2(NC(=O)C3CCCC3)CN(C(=O)CCC3CCCC3)C2)CC1. The monoisotopic (exact) mass is 362 g/mol. The third-order valence-corrected chi connectivity index (χ3v) is 7.57. The largest absolute Gasteiger partial charge is 0.376 e. The fourth-order valence-electron chi connectivity index (χ4n) is 5.57. The quantitative estimate of drug-likeness (QED) is 0.757. The van der Waals surface area contributed by atoms with Crippen molar-refractivity contribution >= 4 is 11.8 Å². The van der Waals surface area contributed by atoms with Crippen molar-refractivity contribution in [2.45, 2.75) is 88.2 Å². The van der Waals surface area contributed by atoms with Gasteiger partial charge in [-0.05, 0) is 38.0 Å². The first-order valence-corrected chi connectivity index (χ1v) is 10.7. The molecule has 1 heterocycles. The standard InChI is InChI=1S/C21H34N2O3/c1-26-21(12-13-21)20(22-19(25)17-8-4-5-9-17)14-23(15-20)18(24)11-10-16-6-2-3-7-16/h16-17H,2-15H2,1H3,(H,22,25). The summed E-state index contributed by atoms with van der Waals surface area (Å²) in [4.78, 5) is 27.3. The maximum absolute atomic E-state index is 12.8. The molecule has 5 nitrogen and oxygen atoms in total. The number of nitrogens with zero attached hydrogens (tertiary/aromatic N) is 1. The molecule has 1 aliphatic heterocycles. The number of hydrogen-bond acceptors (Lipinski definition) is 3. The van der Waals surface area contributed by atoms with Crippen LogP contribution in [-0.4, -0.2) is 48.1 Å². The van der Waals surface area contributed by atoms with Gasteiger partial charge in [-0.2, -0.15) is 0 Å². The Morgan fingerprint density at radius 2 is 1.65 bits per heavy atom. The summed E-state index contributed by atoms with van der Waals surface area (Å²) in [5, 5.41) is 3.35. The molecule has 146 valence electrons. The predicted molar refractivity (Wildman–Crippen MR) is 99.6 cm³/mol. The molecule has 1 N–H and O–H groups in total. The average molecular weight is 363 g/mol. The molecule has 26 heavy (non-hydrogen) atoms. The van der Waals surface area contributed by atoms with Crippen molar-refractivity contribution in [3.8, 4) is 0 Å². The minimum Gasteiger partial charge on any atom is -0.376 e. The lowest BCUT2D eigenvalue weighted by Gasteiger charge is -2.54. The molecule has 2 amide bonds. The van der Waals surface area contributed by atoms with Crippen molar-refractivity contribution < 1.29 is 14.3 Å². The molecule has 0 spiro atoms. The molecule has 0 bridgehead atoms. The number of methoxy groups -OCH3 is 1. The second kappa shape index (κ2) is 7.14. The van der Waals surface area contributed by atoms with E-state index in [-0.39, 0.29) is 28.9 Å². The Bertz CT molecular complexity index is 539. The summed E-state index contributed by atoms with van der Waals surface area (Å²) in [6, 6.07) is 0. The summed E-state index contributed by atoms with van der Waals surface area (Å²) in [5.41, 5.74) is -0.603. The smallest absolute Gasteiger partial charge is 0.223 e. The fourth-order valence-corrected chi connectivity index (χ4v) is 5.57. The van der Waals surface area contributed by atoms with Crippen molar-refractivity contribution in [3.05, 3.63) is 0 Å². The first kappa shape index (κ1) is 18.3. The molecule has 0 unspecified atom stereocenters. The number of rotatable bonds is 7. The van der Waals surface area contributed by atoms with E-state index in [0.29, 0.717) is 19.5 Å². The Morgan fingerprint density at radius 3 is 2.23 bits per heavy atom. The molecule has 3 aliphatic carbocycles. The van der Waals surface area contributed by atoms with Gasteiger partial charge in [0.1, 0.15) is 5.54 Å². The average Bonchev–Trinajstić information content (AvgIpc) is 3.04. The molecule has 1 saturated heterocycles. The zero-order valence-corrected chi connectivity index (χ0v) is 16.2. The van der Waals surface area contributed by atoms with Gasteiger partial charge in [-0.1, -0.05) is 38.5 Å². The van der Waals surface area contributed by atoms with Gasteiger partial charge in [0.25, 0.3) is 0 Å². The van der Waals surface area contributed by atoms with E-state index >= 15 is 0 Å². The van der Waals surface area contributed by atoms with Gasteiger partial charge < -0.3 is 15.0 Å². The van der Waals surface area contributed by atoms with Crippen LogP contribution in [0.3, 0.4) is 0 Å². The van der Waals surface area contributed by atoms with Gasteiger partial charge in [-0.15, -0.1) is 0 Å². The van der Waals surface area contributed by atoms with Crippen molar-refractivity contribution in [1.82, 2.24) is 10.2 Å². The first-order chi connectivity index (χ1) is 12.6. The van der Waals surface area contributed by atoms with Crippen LogP contribution in [0.15, 0.2) is 0 Å². The maximum atomic E-state index is 12.8. The van der Waals surface area contributed by atoms with Crippen LogP contribution < -0.4 is 5.32 Å². The molecular formula is C21H34N2O3. The second-order valence-corrected chi connectivity index (χ2v) is 9.19. The number of amides is 2. The summed E-state index contributed by atoms with van der Waals surface area (Å²) in [5.74, 6) is 1.35. The topological polar surface area (TPSA) is 58.6 Å². The van der Waals surface area contributed by atoms with Crippen molar-refractivity contribution in [2.75, 3.05) is 20.2 Å². The van der Waals surface area contributed by atoms with E-state index in [9.17, 15) is 9.59 Å². The zero-order valence-electron chi connectivity index (χ0n) is 16.2. The molecule has 0 aromatic rings. The van der Waals surface area contributed by atoms with Crippen LogP contribution >= 0.6 is 0 Å². The van der Waals surface area contributed by atoms with Crippen LogP contribution in [0.1, 0.15) is 77.0 Å². The predicted octanol–water partition coefficient (Wildman–Crippen LogP) is 3.02. The molecule has 4 rings (SSSR count). The lowest BCUT2D eigenvalue weighted by atomic mass is 9.80. The minimum absolute atomic E-state index is 0.159. The summed E-state index contributed by atoms with van der Waals surface area (Å²) in [6.45, 7) is 1.26. The van der Waals surface area contributed by atoms with Crippen molar-refractivity contribution in [2.24, 2.45) is 11.8 Å². The maximum Gasteiger partial charge on any atom is 0.223 e. The molecule has 4 aliphatic rings. The van der Waals surface area contributed by atoms with Gasteiger partial charge in [0.15, 0.2) is 0 Å². The van der Waals surface area contributed by atoms with Gasteiger partial charge in [0.05, 0.1) is 5.60 Å². The third kappa shape index (κ3) is 3.28. The van der Waals surface area contributed by atoms with Gasteiger partial charge in [0.2, 0.25) is 11.8 Å². The van der Waals surface area contributed by atoms with Crippen LogP contribution in [0.5, 0.6) is 0 Å². The van der Waals surface area contributed by atoms with Crippen molar-refractivity contribution in [1.29, 1.82) is 0 Å². The van der Waals surface area contributed by atoms with Crippen LogP contribution in [0.4, 0.5) is 0 Å². The Balaban J connectivity index is 1.34. The van der Waals surface area contributed by atoms with Crippen LogP contribution in [0.2, 0.25) is 0 Å². The number of carbonyl (C=O) groups is 2. The van der Waals surface area contributed by atoms with Gasteiger partial charge >= 0.3 is 0 Å². The van der Waals surface area contributed by atoms with E-state index in [4.69, 9.17) is 4.74 Å². The number of hydrogen-bond donors (Lipinski definition) is 1. The van der Waals surface area contributed by atoms with E-state index in [1.807, 2.05) is 4.90 Å². The molecule has 5 heteroatoms. The highest BCUT2D eigenvalue weighted by Crippen LogP contribution is 2.52. The second-order valence-electron chi connectivity index (χ2n) is 9.19. The Kier molecular flexibility index (Phi) is 5.02. The molecule has 4 fully saturated rings. The number of nitrogens with one attached hydrogen (secondary N) is 1. The van der Waals surface area contributed by atoms with Gasteiger partial charge in [-0.25, -0.2) is 0 Å². The van der Waals surface area contributed by atoms with Crippen molar-refractivity contribution in [3.63, 3.8) is 0 Å². The van der Waals surface area contributed by atoms with Gasteiger partial charge in [-0.3, -0.25) is 9.59 Å². The molecule has 3 saturated carbocycles. The van der Waals surface area contributed by atoms with E-state index < -0.39 is 0 Å². The minimum atomic E-state index is -0.357. The van der Waals surface area contributed by atoms with Crippen LogP contribution in [0, 0.1) is 11.8 Å².